The van der Waals surface area contributed by atoms with Crippen LogP contribution in [0.4, 0.5) is 5.69 Å². The molecule has 5 nitrogen and oxygen atoms in total. The van der Waals surface area contributed by atoms with Gasteiger partial charge in [0.2, 0.25) is 0 Å². The van der Waals surface area contributed by atoms with Crippen LogP contribution in [0.1, 0.15) is 30.4 Å². The third-order valence-corrected chi connectivity index (χ3v) is 5.52. The lowest BCUT2D eigenvalue weighted by atomic mass is 9.72. The Kier molecular flexibility index (Phi) is 6.60. The molecule has 0 heterocycles. The van der Waals surface area contributed by atoms with E-state index in [9.17, 15) is 9.59 Å². The monoisotopic (exact) mass is 420 g/mol. The summed E-state index contributed by atoms with van der Waals surface area (Å²) in [7, 11) is 1.60. The number of methoxy groups -OCH3 is 1. The molecule has 1 saturated carbocycles. The first-order valence-corrected chi connectivity index (χ1v) is 9.82. The summed E-state index contributed by atoms with van der Waals surface area (Å²) in [6.45, 7) is 0.431. The average Bonchev–Trinajstić information content (AvgIpc) is 2.62. The predicted molar refractivity (Wildman–Crippen MR) is 111 cm³/mol. The lowest BCUT2D eigenvalue weighted by Gasteiger charge is -2.42. The van der Waals surface area contributed by atoms with Crippen LogP contribution in [0.2, 0.25) is 10.0 Å². The van der Waals surface area contributed by atoms with Gasteiger partial charge in [-0.1, -0.05) is 41.4 Å². The molecule has 0 radical (unpaired) electrons. The number of amides is 2. The minimum atomic E-state index is -0.692. The predicted octanol–water partition coefficient (Wildman–Crippen LogP) is 4.36. The van der Waals surface area contributed by atoms with Crippen LogP contribution in [-0.2, 0) is 27.4 Å². The molecule has 1 aliphatic rings. The van der Waals surface area contributed by atoms with E-state index in [2.05, 4.69) is 10.6 Å². The van der Waals surface area contributed by atoms with Crippen molar-refractivity contribution < 1.29 is 14.3 Å². The van der Waals surface area contributed by atoms with Crippen LogP contribution in [0, 0.1) is 0 Å². The van der Waals surface area contributed by atoms with Gasteiger partial charge in [-0.3, -0.25) is 9.59 Å². The van der Waals surface area contributed by atoms with Crippen molar-refractivity contribution in [2.75, 3.05) is 12.4 Å². The smallest absolute Gasteiger partial charge is 0.313 e. The Morgan fingerprint density at radius 1 is 1.11 bits per heavy atom. The molecule has 2 aromatic carbocycles. The quantitative estimate of drug-likeness (QED) is 0.682. The maximum atomic E-state index is 12.5. The molecule has 1 aliphatic carbocycles. The van der Waals surface area contributed by atoms with Gasteiger partial charge in [-0.15, -0.1) is 0 Å². The summed E-state index contributed by atoms with van der Waals surface area (Å²) in [6.07, 6.45) is 3.15. The summed E-state index contributed by atoms with van der Waals surface area (Å²) >= 11 is 12.2. The topological polar surface area (TPSA) is 67.4 Å². The molecule has 2 amide bonds. The summed E-state index contributed by atoms with van der Waals surface area (Å²) in [5, 5.41) is 6.68. The summed E-state index contributed by atoms with van der Waals surface area (Å²) < 4.78 is 5.09. The highest BCUT2D eigenvalue weighted by Crippen LogP contribution is 2.37. The van der Waals surface area contributed by atoms with Gasteiger partial charge in [0.15, 0.2) is 0 Å². The Bertz CT molecular complexity index is 882. The Labute approximate surface area is 174 Å². The summed E-state index contributed by atoms with van der Waals surface area (Å²) in [4.78, 5) is 24.9. The van der Waals surface area contributed by atoms with Crippen molar-refractivity contribution in [3.05, 3.63) is 63.6 Å². The molecule has 0 spiro atoms. The molecular formula is C21H22Cl2N2O3. The van der Waals surface area contributed by atoms with Crippen molar-refractivity contribution in [1.82, 2.24) is 5.32 Å². The number of halogens is 2. The van der Waals surface area contributed by atoms with E-state index < -0.39 is 17.4 Å². The van der Waals surface area contributed by atoms with Gasteiger partial charge in [-0.05, 0) is 61.1 Å². The zero-order valence-corrected chi connectivity index (χ0v) is 17.1. The molecule has 0 aliphatic heterocycles. The van der Waals surface area contributed by atoms with Gasteiger partial charge >= 0.3 is 11.8 Å². The van der Waals surface area contributed by atoms with Crippen molar-refractivity contribution in [3.63, 3.8) is 0 Å². The molecule has 0 saturated heterocycles. The SMILES string of the molecule is COCc1cccc(NC(=O)C(=O)NC2(Cc3ccc(Cl)cc3Cl)CCC2)c1. The van der Waals surface area contributed by atoms with E-state index >= 15 is 0 Å². The fraction of sp³-hybridized carbons (Fsp3) is 0.333. The van der Waals surface area contributed by atoms with E-state index in [1.807, 2.05) is 12.1 Å². The van der Waals surface area contributed by atoms with Crippen LogP contribution >= 0.6 is 23.2 Å². The van der Waals surface area contributed by atoms with Gasteiger partial charge in [0.25, 0.3) is 0 Å². The lowest BCUT2D eigenvalue weighted by Crippen LogP contribution is -2.57. The fourth-order valence-corrected chi connectivity index (χ4v) is 3.85. The standard InChI is InChI=1S/C21H22Cl2N2O3/c1-28-13-14-4-2-5-17(10-14)24-19(26)20(27)25-21(8-3-9-21)12-15-6-7-16(22)11-18(15)23/h2,4-7,10-11H,3,8-9,12-13H2,1H3,(H,24,26)(H,25,27). The van der Waals surface area contributed by atoms with E-state index in [0.29, 0.717) is 28.8 Å². The fourth-order valence-electron chi connectivity index (χ4n) is 3.37. The van der Waals surface area contributed by atoms with Crippen LogP contribution in [-0.4, -0.2) is 24.5 Å². The van der Waals surface area contributed by atoms with E-state index in [1.165, 1.54) is 0 Å². The van der Waals surface area contributed by atoms with Crippen LogP contribution < -0.4 is 10.6 Å². The van der Waals surface area contributed by atoms with Crippen LogP contribution in [0.3, 0.4) is 0 Å². The van der Waals surface area contributed by atoms with Gasteiger partial charge < -0.3 is 15.4 Å². The highest BCUT2D eigenvalue weighted by Gasteiger charge is 2.40. The maximum absolute atomic E-state index is 12.5. The summed E-state index contributed by atoms with van der Waals surface area (Å²) in [5.41, 5.74) is 1.91. The highest BCUT2D eigenvalue weighted by atomic mass is 35.5. The number of anilines is 1. The normalized spacial score (nSPS) is 14.8. The minimum Gasteiger partial charge on any atom is -0.380 e. The van der Waals surface area contributed by atoms with Gasteiger partial charge in [-0.25, -0.2) is 0 Å². The molecule has 3 rings (SSSR count). The Morgan fingerprint density at radius 2 is 1.89 bits per heavy atom. The minimum absolute atomic E-state index is 0.431. The number of carbonyl (C=O) groups is 2. The molecule has 0 aromatic heterocycles. The summed E-state index contributed by atoms with van der Waals surface area (Å²) in [5.74, 6) is -1.34. The number of ether oxygens (including phenoxy) is 1. The van der Waals surface area contributed by atoms with Gasteiger partial charge in [0, 0.05) is 28.4 Å². The Morgan fingerprint density at radius 3 is 2.54 bits per heavy atom. The first kappa shape index (κ1) is 20.6. The first-order chi connectivity index (χ1) is 13.4. The van der Waals surface area contributed by atoms with Gasteiger partial charge in [0.1, 0.15) is 0 Å². The number of carbonyl (C=O) groups excluding carboxylic acids is 2. The number of benzene rings is 2. The lowest BCUT2D eigenvalue weighted by molar-refractivity contribution is -0.138. The zero-order valence-electron chi connectivity index (χ0n) is 15.6. The second-order valence-corrected chi connectivity index (χ2v) is 7.93. The average molecular weight is 421 g/mol. The molecule has 28 heavy (non-hydrogen) atoms. The Balaban J connectivity index is 1.64. The third kappa shape index (κ3) is 5.04. The molecule has 1 fully saturated rings. The van der Waals surface area contributed by atoms with E-state index in [4.69, 9.17) is 27.9 Å². The van der Waals surface area contributed by atoms with Crippen LogP contribution in [0.15, 0.2) is 42.5 Å². The van der Waals surface area contributed by atoms with Crippen molar-refractivity contribution in [2.24, 2.45) is 0 Å². The van der Waals surface area contributed by atoms with Crippen LogP contribution in [0.5, 0.6) is 0 Å². The van der Waals surface area contributed by atoms with Gasteiger partial charge in [0.05, 0.1) is 6.61 Å². The van der Waals surface area contributed by atoms with Crippen molar-refractivity contribution >= 4 is 40.7 Å². The summed E-state index contributed by atoms with van der Waals surface area (Å²) in [6, 6.07) is 12.5. The second-order valence-electron chi connectivity index (χ2n) is 7.09. The van der Waals surface area contributed by atoms with Gasteiger partial charge in [-0.2, -0.15) is 0 Å². The number of hydrogen-bond donors (Lipinski definition) is 2. The van der Waals surface area contributed by atoms with Crippen molar-refractivity contribution in [1.29, 1.82) is 0 Å². The Hall–Kier alpha value is -2.08. The number of rotatable bonds is 6. The molecule has 7 heteroatoms. The van der Waals surface area contributed by atoms with Crippen molar-refractivity contribution in [2.45, 2.75) is 37.8 Å². The van der Waals surface area contributed by atoms with Crippen LogP contribution in [0.25, 0.3) is 0 Å². The highest BCUT2D eigenvalue weighted by molar-refractivity contribution is 6.39. The molecule has 0 bridgehead atoms. The molecule has 2 aromatic rings. The number of hydrogen-bond acceptors (Lipinski definition) is 3. The molecule has 0 atom stereocenters. The first-order valence-electron chi connectivity index (χ1n) is 9.06. The van der Waals surface area contributed by atoms with E-state index in [-0.39, 0.29) is 0 Å². The van der Waals surface area contributed by atoms with E-state index in [0.717, 1.165) is 30.4 Å². The molecule has 148 valence electrons. The zero-order chi connectivity index (χ0) is 20.1. The van der Waals surface area contributed by atoms with Crippen molar-refractivity contribution in [3.8, 4) is 0 Å². The second kappa shape index (κ2) is 8.95. The molecule has 2 N–H and O–H groups in total. The molecular weight excluding hydrogens is 399 g/mol. The molecule has 0 unspecified atom stereocenters. The third-order valence-electron chi connectivity index (χ3n) is 4.94. The maximum Gasteiger partial charge on any atom is 0.313 e. The number of nitrogens with one attached hydrogen (secondary N) is 2. The largest absolute Gasteiger partial charge is 0.380 e. The van der Waals surface area contributed by atoms with E-state index in [1.54, 1.807) is 37.4 Å².